The molecule has 0 radical (unpaired) electrons. The van der Waals surface area contributed by atoms with E-state index in [9.17, 15) is 14.4 Å². The molecule has 1 saturated carbocycles. The van der Waals surface area contributed by atoms with Crippen LogP contribution in [-0.2, 0) is 20.7 Å². The molecule has 148 valence electrons. The number of carbonyl (C=O) groups is 3. The normalized spacial score (nSPS) is 19.0. The number of ether oxygens (including phenoxy) is 2. The number of amides is 3. The molecule has 0 aliphatic heterocycles. The lowest BCUT2D eigenvalue weighted by molar-refractivity contribution is -0.148. The summed E-state index contributed by atoms with van der Waals surface area (Å²) in [6.07, 6.45) is 4.91. The lowest BCUT2D eigenvalue weighted by Crippen LogP contribution is -2.48. The maximum atomic E-state index is 11.9. The van der Waals surface area contributed by atoms with Gasteiger partial charge in [-0.25, -0.2) is 4.79 Å². The third-order valence-electron chi connectivity index (χ3n) is 4.82. The van der Waals surface area contributed by atoms with E-state index < -0.39 is 24.5 Å². The number of carbonyl (C=O) groups excluding carboxylic acids is 3. The molecular formula is C20H28N2O5. The quantitative estimate of drug-likeness (QED) is 0.714. The average molecular weight is 376 g/mol. The summed E-state index contributed by atoms with van der Waals surface area (Å²) in [6, 6.07) is 6.93. The van der Waals surface area contributed by atoms with Crippen molar-refractivity contribution in [2.24, 2.45) is 5.92 Å². The lowest BCUT2D eigenvalue weighted by atomic mass is 9.86. The number of aryl methyl sites for hydroxylation is 1. The Morgan fingerprint density at radius 2 is 1.81 bits per heavy atom. The summed E-state index contributed by atoms with van der Waals surface area (Å²) in [5.74, 6) is 0.0327. The second-order valence-electron chi connectivity index (χ2n) is 6.90. The SMILES string of the molecule is COc1ccc(CCC(=O)OCC(=O)NC(=O)N[C@@H]2CCCC[C@@H]2C)cc1. The first-order chi connectivity index (χ1) is 13.0. The van der Waals surface area contributed by atoms with Gasteiger partial charge in [0, 0.05) is 12.5 Å². The van der Waals surface area contributed by atoms with E-state index in [1.807, 2.05) is 24.3 Å². The number of benzene rings is 1. The lowest BCUT2D eigenvalue weighted by Gasteiger charge is -2.29. The molecule has 1 fully saturated rings. The molecule has 0 heterocycles. The van der Waals surface area contributed by atoms with Gasteiger partial charge >= 0.3 is 12.0 Å². The topological polar surface area (TPSA) is 93.7 Å². The van der Waals surface area contributed by atoms with E-state index in [1.165, 1.54) is 6.42 Å². The van der Waals surface area contributed by atoms with Gasteiger partial charge in [-0.15, -0.1) is 0 Å². The maximum Gasteiger partial charge on any atom is 0.321 e. The minimum Gasteiger partial charge on any atom is -0.497 e. The van der Waals surface area contributed by atoms with Crippen LogP contribution < -0.4 is 15.4 Å². The number of imide groups is 1. The number of nitrogens with one attached hydrogen (secondary N) is 2. The highest BCUT2D eigenvalue weighted by Gasteiger charge is 2.23. The van der Waals surface area contributed by atoms with Crippen molar-refractivity contribution in [1.82, 2.24) is 10.6 Å². The van der Waals surface area contributed by atoms with Crippen LogP contribution >= 0.6 is 0 Å². The Morgan fingerprint density at radius 3 is 2.48 bits per heavy atom. The van der Waals surface area contributed by atoms with E-state index in [4.69, 9.17) is 9.47 Å². The molecule has 1 aromatic carbocycles. The molecule has 1 aliphatic carbocycles. The highest BCUT2D eigenvalue weighted by Crippen LogP contribution is 2.23. The third kappa shape index (κ3) is 7.29. The Morgan fingerprint density at radius 1 is 1.11 bits per heavy atom. The summed E-state index contributed by atoms with van der Waals surface area (Å²) in [7, 11) is 1.59. The van der Waals surface area contributed by atoms with Crippen LogP contribution in [0.4, 0.5) is 4.79 Å². The summed E-state index contributed by atoms with van der Waals surface area (Å²) < 4.78 is 10.0. The van der Waals surface area contributed by atoms with E-state index in [2.05, 4.69) is 17.6 Å². The number of methoxy groups -OCH3 is 1. The Kier molecular flexibility index (Phi) is 8.10. The van der Waals surface area contributed by atoms with Crippen LogP contribution in [0.1, 0.15) is 44.6 Å². The van der Waals surface area contributed by atoms with Gasteiger partial charge in [0.25, 0.3) is 5.91 Å². The second-order valence-corrected chi connectivity index (χ2v) is 6.90. The summed E-state index contributed by atoms with van der Waals surface area (Å²) in [5.41, 5.74) is 0.971. The van der Waals surface area contributed by atoms with Gasteiger partial charge in [-0.2, -0.15) is 0 Å². The predicted octanol–water partition coefficient (Wildman–Crippen LogP) is 2.58. The van der Waals surface area contributed by atoms with Crippen molar-refractivity contribution in [3.05, 3.63) is 29.8 Å². The van der Waals surface area contributed by atoms with E-state index in [0.29, 0.717) is 12.3 Å². The number of esters is 1. The van der Waals surface area contributed by atoms with Gasteiger partial charge in [0.15, 0.2) is 6.61 Å². The molecule has 1 aromatic rings. The van der Waals surface area contributed by atoms with E-state index in [-0.39, 0.29) is 12.5 Å². The highest BCUT2D eigenvalue weighted by atomic mass is 16.5. The van der Waals surface area contributed by atoms with Gasteiger partial charge in [-0.05, 0) is 42.9 Å². The minimum absolute atomic E-state index is 0.0820. The van der Waals surface area contributed by atoms with Crippen molar-refractivity contribution in [3.8, 4) is 5.75 Å². The van der Waals surface area contributed by atoms with Crippen molar-refractivity contribution in [3.63, 3.8) is 0 Å². The molecule has 0 aromatic heterocycles. The molecule has 7 heteroatoms. The molecular weight excluding hydrogens is 348 g/mol. The zero-order valence-corrected chi connectivity index (χ0v) is 16.0. The third-order valence-corrected chi connectivity index (χ3v) is 4.82. The zero-order chi connectivity index (χ0) is 19.6. The Hall–Kier alpha value is -2.57. The van der Waals surface area contributed by atoms with Crippen LogP contribution in [0.3, 0.4) is 0 Å². The second kappa shape index (κ2) is 10.5. The Labute approximate surface area is 159 Å². The fraction of sp³-hybridized carbons (Fsp3) is 0.550. The zero-order valence-electron chi connectivity index (χ0n) is 16.0. The number of hydrogen-bond donors (Lipinski definition) is 2. The smallest absolute Gasteiger partial charge is 0.321 e. The Bertz CT molecular complexity index is 644. The van der Waals surface area contributed by atoms with Crippen molar-refractivity contribution >= 4 is 17.9 Å². The molecule has 3 amide bonds. The molecule has 1 aliphatic rings. The summed E-state index contributed by atoms with van der Waals surface area (Å²) in [5, 5.41) is 5.03. The van der Waals surface area contributed by atoms with Crippen molar-refractivity contribution in [1.29, 1.82) is 0 Å². The van der Waals surface area contributed by atoms with E-state index in [1.54, 1.807) is 7.11 Å². The summed E-state index contributed by atoms with van der Waals surface area (Å²) in [4.78, 5) is 35.4. The first-order valence-corrected chi connectivity index (χ1v) is 9.37. The van der Waals surface area contributed by atoms with Gasteiger partial charge in [0.05, 0.1) is 7.11 Å². The van der Waals surface area contributed by atoms with Gasteiger partial charge < -0.3 is 14.8 Å². The monoisotopic (exact) mass is 376 g/mol. The number of hydrogen-bond acceptors (Lipinski definition) is 5. The van der Waals surface area contributed by atoms with Crippen molar-refractivity contribution in [2.45, 2.75) is 51.5 Å². The predicted molar refractivity (Wildman–Crippen MR) is 100 cm³/mol. The first-order valence-electron chi connectivity index (χ1n) is 9.37. The fourth-order valence-corrected chi connectivity index (χ4v) is 3.15. The molecule has 2 rings (SSSR count). The van der Waals surface area contributed by atoms with Crippen LogP contribution in [0, 0.1) is 5.92 Å². The maximum absolute atomic E-state index is 11.9. The molecule has 0 spiro atoms. The molecule has 0 unspecified atom stereocenters. The van der Waals surface area contributed by atoms with Crippen LogP contribution in [0.25, 0.3) is 0 Å². The molecule has 2 N–H and O–H groups in total. The average Bonchev–Trinajstić information content (AvgIpc) is 2.67. The molecule has 0 bridgehead atoms. The van der Waals surface area contributed by atoms with Crippen LogP contribution in [-0.4, -0.2) is 37.7 Å². The molecule has 27 heavy (non-hydrogen) atoms. The Balaban J connectivity index is 1.63. The number of urea groups is 1. The van der Waals surface area contributed by atoms with Gasteiger partial charge in [0.2, 0.25) is 0 Å². The van der Waals surface area contributed by atoms with Gasteiger partial charge in [0.1, 0.15) is 5.75 Å². The molecule has 0 saturated heterocycles. The fourth-order valence-electron chi connectivity index (χ4n) is 3.15. The van der Waals surface area contributed by atoms with Gasteiger partial charge in [-0.1, -0.05) is 31.9 Å². The highest BCUT2D eigenvalue weighted by molar-refractivity contribution is 5.95. The van der Waals surface area contributed by atoms with Crippen LogP contribution in [0.2, 0.25) is 0 Å². The van der Waals surface area contributed by atoms with Crippen molar-refractivity contribution in [2.75, 3.05) is 13.7 Å². The van der Waals surface area contributed by atoms with Crippen molar-refractivity contribution < 1.29 is 23.9 Å². The molecule has 2 atom stereocenters. The van der Waals surface area contributed by atoms with E-state index >= 15 is 0 Å². The number of rotatable bonds is 7. The standard InChI is InChI=1S/C20H28N2O5/c1-14-5-3-4-6-17(14)21-20(25)22-18(23)13-27-19(24)12-9-15-7-10-16(26-2)11-8-15/h7-8,10-11,14,17H,3-6,9,12-13H2,1-2H3,(H2,21,22,23,25)/t14-,17+/m0/s1. The van der Waals surface area contributed by atoms with E-state index in [0.717, 1.165) is 30.6 Å². The van der Waals surface area contributed by atoms with Crippen LogP contribution in [0.15, 0.2) is 24.3 Å². The van der Waals surface area contributed by atoms with Gasteiger partial charge in [-0.3, -0.25) is 14.9 Å². The largest absolute Gasteiger partial charge is 0.497 e. The minimum atomic E-state index is -0.631. The van der Waals surface area contributed by atoms with Crippen LogP contribution in [0.5, 0.6) is 5.75 Å². The first kappa shape index (κ1) is 20.7. The summed E-state index contributed by atoms with van der Waals surface area (Å²) >= 11 is 0. The molecule has 7 nitrogen and oxygen atoms in total. The summed E-state index contributed by atoms with van der Waals surface area (Å²) in [6.45, 7) is 1.63.